The van der Waals surface area contributed by atoms with Gasteiger partial charge < -0.3 is 10.5 Å². The lowest BCUT2D eigenvalue weighted by atomic mass is 10.0. The molecule has 0 saturated heterocycles. The number of nitrogens with zero attached hydrogens (tertiary/aromatic N) is 2. The van der Waals surface area contributed by atoms with Crippen LogP contribution in [0.3, 0.4) is 0 Å². The molecule has 1 aromatic heterocycles. The second-order valence-electron chi connectivity index (χ2n) is 5.94. The summed E-state index contributed by atoms with van der Waals surface area (Å²) in [7, 11) is 0. The van der Waals surface area contributed by atoms with Crippen LogP contribution in [-0.2, 0) is 4.79 Å². The molecule has 2 aromatic carbocycles. The van der Waals surface area contributed by atoms with Crippen LogP contribution >= 0.6 is 11.3 Å². The Morgan fingerprint density at radius 1 is 1.22 bits per heavy atom. The Bertz CT molecular complexity index is 899. The van der Waals surface area contributed by atoms with Crippen molar-refractivity contribution in [2.45, 2.75) is 19.4 Å². The number of anilines is 3. The van der Waals surface area contributed by atoms with Crippen molar-refractivity contribution in [2.24, 2.45) is 0 Å². The fourth-order valence-corrected chi connectivity index (χ4v) is 3.62. The maximum Gasteiger partial charge on any atom is 0.277 e. The largest absolute Gasteiger partial charge is 0.476 e. The van der Waals surface area contributed by atoms with E-state index in [1.165, 1.54) is 11.3 Å². The topological polar surface area (TPSA) is 68.5 Å². The zero-order chi connectivity index (χ0) is 16.2. The quantitative estimate of drug-likeness (QED) is 0.692. The third kappa shape index (κ3) is 2.14. The molecule has 0 bridgehead atoms. The second kappa shape index (κ2) is 4.70. The second-order valence-corrected chi connectivity index (χ2v) is 6.95. The summed E-state index contributed by atoms with van der Waals surface area (Å²) in [5.74, 6) is 0.447. The van der Waals surface area contributed by atoms with Crippen LogP contribution in [0.2, 0.25) is 0 Å². The van der Waals surface area contributed by atoms with Crippen LogP contribution in [0, 0.1) is 0 Å². The number of hydrogen-bond acceptors (Lipinski definition) is 5. The summed E-state index contributed by atoms with van der Waals surface area (Å²) < 4.78 is 6.88. The Morgan fingerprint density at radius 3 is 2.78 bits per heavy atom. The minimum Gasteiger partial charge on any atom is -0.476 e. The lowest BCUT2D eigenvalue weighted by Crippen LogP contribution is -2.50. The first-order valence-corrected chi connectivity index (χ1v) is 8.06. The summed E-state index contributed by atoms with van der Waals surface area (Å²) in [4.78, 5) is 19.1. The van der Waals surface area contributed by atoms with Crippen LogP contribution in [0.5, 0.6) is 5.75 Å². The van der Waals surface area contributed by atoms with Gasteiger partial charge >= 0.3 is 0 Å². The molecule has 2 N–H and O–H groups in total. The Labute approximate surface area is 137 Å². The van der Waals surface area contributed by atoms with Crippen LogP contribution in [0.25, 0.3) is 10.2 Å². The lowest BCUT2D eigenvalue weighted by Gasteiger charge is -2.37. The number of carbonyl (C=O) groups excluding carboxylic acids is 1. The molecule has 2 heterocycles. The number of rotatable bonds is 1. The van der Waals surface area contributed by atoms with Crippen molar-refractivity contribution in [3.05, 3.63) is 42.5 Å². The maximum absolute atomic E-state index is 12.9. The van der Waals surface area contributed by atoms with Gasteiger partial charge in [0.15, 0.2) is 10.7 Å². The number of aromatic nitrogens is 1. The molecular formula is C17H15N3O2S. The number of amides is 1. The standard InChI is InChI=1S/C17H15N3O2S/c1-17(2)15(21)20(12-8-7-10(18)9-13(12)22-17)16-19-11-5-3-4-6-14(11)23-16/h3-9H,18H2,1-2H3. The monoisotopic (exact) mass is 325 g/mol. The number of hydrogen-bond donors (Lipinski definition) is 1. The van der Waals surface area contributed by atoms with Gasteiger partial charge in [-0.2, -0.15) is 0 Å². The van der Waals surface area contributed by atoms with Gasteiger partial charge in [0, 0.05) is 11.8 Å². The highest BCUT2D eigenvalue weighted by Crippen LogP contribution is 2.44. The zero-order valence-corrected chi connectivity index (χ0v) is 13.6. The van der Waals surface area contributed by atoms with Gasteiger partial charge in [-0.25, -0.2) is 9.88 Å². The molecule has 3 aromatic rings. The minimum atomic E-state index is -0.974. The molecule has 6 heteroatoms. The minimum absolute atomic E-state index is 0.145. The average Bonchev–Trinajstić information content (AvgIpc) is 2.91. The fraction of sp³-hybridized carbons (Fsp3) is 0.176. The molecule has 0 spiro atoms. The molecule has 116 valence electrons. The molecule has 1 aliphatic rings. The van der Waals surface area contributed by atoms with E-state index < -0.39 is 5.60 Å². The van der Waals surface area contributed by atoms with Crippen molar-refractivity contribution in [1.82, 2.24) is 4.98 Å². The number of carbonyl (C=O) groups is 1. The number of nitrogen functional groups attached to an aromatic ring is 1. The highest BCUT2D eigenvalue weighted by Gasteiger charge is 2.42. The van der Waals surface area contributed by atoms with E-state index in [4.69, 9.17) is 10.5 Å². The summed E-state index contributed by atoms with van der Waals surface area (Å²) in [5.41, 5.74) is 7.02. The lowest BCUT2D eigenvalue weighted by molar-refractivity contribution is -0.131. The van der Waals surface area contributed by atoms with Gasteiger partial charge in [0.1, 0.15) is 5.75 Å². The summed E-state index contributed by atoms with van der Waals surface area (Å²) in [5, 5.41) is 0.638. The normalized spacial score (nSPS) is 16.3. The van der Waals surface area contributed by atoms with Crippen molar-refractivity contribution in [3.8, 4) is 5.75 Å². The molecule has 1 amide bonds. The third-order valence-electron chi connectivity index (χ3n) is 3.78. The molecule has 0 radical (unpaired) electrons. The molecule has 1 aliphatic heterocycles. The fourth-order valence-electron chi connectivity index (χ4n) is 2.64. The van der Waals surface area contributed by atoms with E-state index in [9.17, 15) is 4.79 Å². The summed E-state index contributed by atoms with van der Waals surface area (Å²) >= 11 is 1.48. The Kier molecular flexibility index (Phi) is 2.86. The average molecular weight is 325 g/mol. The predicted octanol–water partition coefficient (Wildman–Crippen LogP) is 3.71. The van der Waals surface area contributed by atoms with Crippen LogP contribution in [0.1, 0.15) is 13.8 Å². The first-order valence-electron chi connectivity index (χ1n) is 7.24. The van der Waals surface area contributed by atoms with Crippen molar-refractivity contribution in [3.63, 3.8) is 0 Å². The highest BCUT2D eigenvalue weighted by molar-refractivity contribution is 7.22. The molecule has 4 rings (SSSR count). The van der Waals surface area contributed by atoms with E-state index >= 15 is 0 Å². The molecule has 23 heavy (non-hydrogen) atoms. The highest BCUT2D eigenvalue weighted by atomic mass is 32.1. The van der Waals surface area contributed by atoms with Crippen molar-refractivity contribution in [2.75, 3.05) is 10.6 Å². The van der Waals surface area contributed by atoms with Gasteiger partial charge in [0.2, 0.25) is 0 Å². The Hall–Kier alpha value is -2.60. The van der Waals surface area contributed by atoms with Crippen molar-refractivity contribution < 1.29 is 9.53 Å². The Morgan fingerprint density at radius 2 is 2.00 bits per heavy atom. The van der Waals surface area contributed by atoms with Gasteiger partial charge in [-0.05, 0) is 38.1 Å². The van der Waals surface area contributed by atoms with Gasteiger partial charge in [0.05, 0.1) is 15.9 Å². The van der Waals surface area contributed by atoms with E-state index in [0.717, 1.165) is 10.2 Å². The van der Waals surface area contributed by atoms with Gasteiger partial charge in [0.25, 0.3) is 5.91 Å². The maximum atomic E-state index is 12.9. The van der Waals surface area contributed by atoms with Crippen LogP contribution in [-0.4, -0.2) is 16.5 Å². The SMILES string of the molecule is CC1(C)Oc2cc(N)ccc2N(c2nc3ccccc3s2)C1=O. The predicted molar refractivity (Wildman–Crippen MR) is 92.3 cm³/mol. The summed E-state index contributed by atoms with van der Waals surface area (Å²) in [6.45, 7) is 3.50. The summed E-state index contributed by atoms with van der Waals surface area (Å²) in [6.07, 6.45) is 0. The first-order chi connectivity index (χ1) is 11.0. The van der Waals surface area contributed by atoms with E-state index in [-0.39, 0.29) is 5.91 Å². The molecule has 0 unspecified atom stereocenters. The van der Waals surface area contributed by atoms with Crippen LogP contribution in [0.15, 0.2) is 42.5 Å². The molecule has 0 fully saturated rings. The molecular weight excluding hydrogens is 310 g/mol. The number of thiazole rings is 1. The first kappa shape index (κ1) is 14.0. The number of ether oxygens (including phenoxy) is 1. The number of benzene rings is 2. The van der Waals surface area contributed by atoms with Gasteiger partial charge in [-0.15, -0.1) is 0 Å². The number of fused-ring (bicyclic) bond motifs is 2. The molecule has 0 saturated carbocycles. The van der Waals surface area contributed by atoms with Gasteiger partial charge in [-0.3, -0.25) is 4.79 Å². The van der Waals surface area contributed by atoms with E-state index in [0.29, 0.717) is 22.3 Å². The van der Waals surface area contributed by atoms with Crippen LogP contribution in [0.4, 0.5) is 16.5 Å². The summed E-state index contributed by atoms with van der Waals surface area (Å²) in [6, 6.07) is 13.1. The Balaban J connectivity index is 1.93. The van der Waals surface area contributed by atoms with E-state index in [1.54, 1.807) is 36.9 Å². The number of para-hydroxylation sites is 1. The molecule has 0 aliphatic carbocycles. The molecule has 0 atom stereocenters. The van der Waals surface area contributed by atoms with Crippen LogP contribution < -0.4 is 15.4 Å². The smallest absolute Gasteiger partial charge is 0.277 e. The van der Waals surface area contributed by atoms with Crippen molar-refractivity contribution in [1.29, 1.82) is 0 Å². The van der Waals surface area contributed by atoms with E-state index in [2.05, 4.69) is 4.98 Å². The van der Waals surface area contributed by atoms with E-state index in [1.807, 2.05) is 24.3 Å². The third-order valence-corrected chi connectivity index (χ3v) is 4.80. The zero-order valence-electron chi connectivity index (χ0n) is 12.7. The van der Waals surface area contributed by atoms with Crippen molar-refractivity contribution >= 4 is 44.0 Å². The molecule has 5 nitrogen and oxygen atoms in total. The number of nitrogens with two attached hydrogens (primary N) is 1. The van der Waals surface area contributed by atoms with Gasteiger partial charge in [-0.1, -0.05) is 23.5 Å².